The first kappa shape index (κ1) is 36.2. The van der Waals surface area contributed by atoms with E-state index in [4.69, 9.17) is 21.1 Å². The van der Waals surface area contributed by atoms with Crippen LogP contribution in [0.1, 0.15) is 25.0 Å². The molecule has 0 aliphatic heterocycles. The molecule has 0 heterocycles. The van der Waals surface area contributed by atoms with Gasteiger partial charge < -0.3 is 19.7 Å². The van der Waals surface area contributed by atoms with Gasteiger partial charge in [0.05, 0.1) is 24.8 Å². The van der Waals surface area contributed by atoms with Crippen LogP contribution in [0, 0.1) is 11.7 Å². The topological polar surface area (TPSA) is 105 Å². The highest BCUT2D eigenvalue weighted by atomic mass is 35.5. The summed E-state index contributed by atoms with van der Waals surface area (Å²) in [6.45, 7) is 3.55. The van der Waals surface area contributed by atoms with E-state index in [0.717, 1.165) is 22.0 Å². The maximum Gasteiger partial charge on any atom is 0.264 e. The van der Waals surface area contributed by atoms with E-state index in [2.05, 4.69) is 5.32 Å². The normalized spacial score (nSPS) is 11.9. The van der Waals surface area contributed by atoms with E-state index >= 15 is 0 Å². The number of methoxy groups -OCH3 is 2. The fourth-order valence-corrected chi connectivity index (χ4v) is 6.69. The number of rotatable bonds is 15. The zero-order valence-corrected chi connectivity index (χ0v) is 28.8. The number of hydrogen-bond acceptors (Lipinski definition) is 6. The van der Waals surface area contributed by atoms with Gasteiger partial charge in [-0.1, -0.05) is 67.9 Å². The van der Waals surface area contributed by atoms with Crippen molar-refractivity contribution in [2.45, 2.75) is 37.8 Å². The van der Waals surface area contributed by atoms with Crippen molar-refractivity contribution < 1.29 is 31.9 Å². The van der Waals surface area contributed by atoms with Gasteiger partial charge in [-0.3, -0.25) is 13.9 Å². The van der Waals surface area contributed by atoms with Gasteiger partial charge >= 0.3 is 0 Å². The molecule has 0 saturated carbocycles. The fourth-order valence-electron chi connectivity index (χ4n) is 5.05. The van der Waals surface area contributed by atoms with Crippen molar-refractivity contribution >= 4 is 39.1 Å². The van der Waals surface area contributed by atoms with E-state index in [1.165, 1.54) is 49.5 Å². The van der Waals surface area contributed by atoms with Gasteiger partial charge in [0.15, 0.2) is 11.5 Å². The Bertz CT molecular complexity index is 1810. The fraction of sp³-hybridized carbons (Fsp3) is 0.278. The monoisotopic (exact) mass is 695 g/mol. The molecule has 0 fully saturated rings. The minimum Gasteiger partial charge on any atom is -0.493 e. The second-order valence-electron chi connectivity index (χ2n) is 11.5. The van der Waals surface area contributed by atoms with E-state index in [1.807, 2.05) is 44.2 Å². The minimum absolute atomic E-state index is 0.0420. The van der Waals surface area contributed by atoms with Gasteiger partial charge in [-0.2, -0.15) is 0 Å². The average Bonchev–Trinajstić information content (AvgIpc) is 3.08. The average molecular weight is 696 g/mol. The number of amides is 2. The molecule has 2 amide bonds. The quantitative estimate of drug-likeness (QED) is 0.161. The molecule has 4 aromatic rings. The van der Waals surface area contributed by atoms with Crippen LogP contribution in [0.25, 0.3) is 0 Å². The van der Waals surface area contributed by atoms with Crippen molar-refractivity contribution in [3.63, 3.8) is 0 Å². The molecule has 0 aromatic heterocycles. The lowest BCUT2D eigenvalue weighted by molar-refractivity contribution is -0.140. The van der Waals surface area contributed by atoms with E-state index < -0.39 is 34.3 Å². The number of carbonyl (C=O) groups is 2. The van der Waals surface area contributed by atoms with Gasteiger partial charge in [0, 0.05) is 30.6 Å². The number of nitrogens with zero attached hydrogens (tertiary/aromatic N) is 2. The van der Waals surface area contributed by atoms with Gasteiger partial charge in [-0.15, -0.1) is 0 Å². The second kappa shape index (κ2) is 16.5. The van der Waals surface area contributed by atoms with Crippen molar-refractivity contribution in [1.82, 2.24) is 10.2 Å². The Hall–Kier alpha value is -4.61. The van der Waals surface area contributed by atoms with Crippen LogP contribution in [-0.4, -0.2) is 58.5 Å². The van der Waals surface area contributed by atoms with Crippen LogP contribution < -0.4 is 19.1 Å². The molecule has 12 heteroatoms. The van der Waals surface area contributed by atoms with Crippen molar-refractivity contribution in [3.05, 3.63) is 119 Å². The standard InChI is InChI=1S/C36H39ClFN3O6S/c1-25(2)22-39-36(43)32(20-26-9-6-5-7-10-26)40(23-27-11-8-12-28(37)19-27)35(42)24-41(30-15-13-29(38)14-16-30)48(44,45)31-17-18-33(46-3)34(21-31)47-4/h5-19,21,25,32H,20,22-24H2,1-4H3,(H,39,43). The molecule has 0 radical (unpaired) electrons. The van der Waals surface area contributed by atoms with Crippen molar-refractivity contribution in [2.75, 3.05) is 31.6 Å². The Balaban J connectivity index is 1.82. The summed E-state index contributed by atoms with van der Waals surface area (Å²) in [5, 5.41) is 3.39. The first-order valence-electron chi connectivity index (χ1n) is 15.3. The summed E-state index contributed by atoms with van der Waals surface area (Å²) in [6.07, 6.45) is 0.163. The van der Waals surface area contributed by atoms with Crippen LogP contribution in [0.15, 0.2) is 102 Å². The largest absolute Gasteiger partial charge is 0.493 e. The van der Waals surface area contributed by atoms with Crippen LogP contribution in [-0.2, 0) is 32.6 Å². The predicted octanol–water partition coefficient (Wildman–Crippen LogP) is 6.10. The minimum atomic E-state index is -4.45. The molecule has 48 heavy (non-hydrogen) atoms. The number of benzene rings is 4. The van der Waals surface area contributed by atoms with Gasteiger partial charge in [0.2, 0.25) is 11.8 Å². The van der Waals surface area contributed by atoms with Crippen LogP contribution in [0.3, 0.4) is 0 Å². The highest BCUT2D eigenvalue weighted by molar-refractivity contribution is 7.92. The first-order valence-corrected chi connectivity index (χ1v) is 17.1. The predicted molar refractivity (Wildman–Crippen MR) is 184 cm³/mol. The Labute approximate surface area is 286 Å². The van der Waals surface area contributed by atoms with Crippen molar-refractivity contribution in [2.24, 2.45) is 5.92 Å². The molecule has 1 atom stereocenters. The van der Waals surface area contributed by atoms with Gasteiger partial charge in [-0.05, 0) is 65.6 Å². The highest BCUT2D eigenvalue weighted by Gasteiger charge is 2.35. The zero-order chi connectivity index (χ0) is 34.8. The second-order valence-corrected chi connectivity index (χ2v) is 13.8. The summed E-state index contributed by atoms with van der Waals surface area (Å²) in [7, 11) is -1.65. The Morgan fingerprint density at radius 1 is 0.854 bits per heavy atom. The third-order valence-electron chi connectivity index (χ3n) is 7.53. The van der Waals surface area contributed by atoms with Crippen LogP contribution in [0.2, 0.25) is 5.02 Å². The lowest BCUT2D eigenvalue weighted by atomic mass is 10.0. The maximum absolute atomic E-state index is 14.5. The van der Waals surface area contributed by atoms with Gasteiger partial charge in [0.25, 0.3) is 10.0 Å². The van der Waals surface area contributed by atoms with Crippen molar-refractivity contribution in [3.8, 4) is 11.5 Å². The highest BCUT2D eigenvalue weighted by Crippen LogP contribution is 2.32. The van der Waals surface area contributed by atoms with E-state index in [0.29, 0.717) is 22.9 Å². The molecule has 4 rings (SSSR count). The molecule has 254 valence electrons. The molecule has 0 saturated heterocycles. The van der Waals surface area contributed by atoms with E-state index in [1.54, 1.807) is 24.3 Å². The summed E-state index contributed by atoms with van der Waals surface area (Å²) < 4.78 is 54.1. The number of hydrogen-bond donors (Lipinski definition) is 1. The molecule has 4 aromatic carbocycles. The number of anilines is 1. The zero-order valence-electron chi connectivity index (χ0n) is 27.2. The smallest absolute Gasteiger partial charge is 0.264 e. The number of carbonyl (C=O) groups excluding carboxylic acids is 2. The van der Waals surface area contributed by atoms with E-state index in [-0.39, 0.29) is 41.1 Å². The molecule has 0 bridgehead atoms. The van der Waals surface area contributed by atoms with E-state index in [9.17, 15) is 22.4 Å². The number of sulfonamides is 1. The molecule has 0 aliphatic rings. The summed E-state index contributed by atoms with van der Waals surface area (Å²) in [6, 6.07) is 24.0. The van der Waals surface area contributed by atoms with Gasteiger partial charge in [0.1, 0.15) is 18.4 Å². The van der Waals surface area contributed by atoms with Gasteiger partial charge in [-0.25, -0.2) is 12.8 Å². The summed E-state index contributed by atoms with van der Waals surface area (Å²) in [5.41, 5.74) is 1.49. The summed E-state index contributed by atoms with van der Waals surface area (Å²) >= 11 is 6.30. The van der Waals surface area contributed by atoms with Crippen LogP contribution >= 0.6 is 11.6 Å². The number of halogens is 2. The molecular formula is C36H39ClFN3O6S. The van der Waals surface area contributed by atoms with Crippen LogP contribution in [0.4, 0.5) is 10.1 Å². The lowest BCUT2D eigenvalue weighted by Crippen LogP contribution is -2.53. The number of nitrogens with one attached hydrogen (secondary N) is 1. The molecule has 0 spiro atoms. The molecular weight excluding hydrogens is 657 g/mol. The summed E-state index contributed by atoms with van der Waals surface area (Å²) in [5.74, 6) is -1.02. The third-order valence-corrected chi connectivity index (χ3v) is 9.54. The SMILES string of the molecule is COc1ccc(S(=O)(=O)N(CC(=O)N(Cc2cccc(Cl)c2)C(Cc2ccccc2)C(=O)NCC(C)C)c2ccc(F)cc2)cc1OC. The number of ether oxygens (including phenoxy) is 2. The lowest BCUT2D eigenvalue weighted by Gasteiger charge is -2.34. The summed E-state index contributed by atoms with van der Waals surface area (Å²) in [4.78, 5) is 29.6. The molecule has 1 unspecified atom stereocenters. The van der Waals surface area contributed by atoms with Crippen molar-refractivity contribution in [1.29, 1.82) is 0 Å². The maximum atomic E-state index is 14.5. The molecule has 9 nitrogen and oxygen atoms in total. The Kier molecular flexibility index (Phi) is 12.4. The molecule has 0 aliphatic carbocycles. The molecule has 1 N–H and O–H groups in total. The first-order chi connectivity index (χ1) is 22.9. The Morgan fingerprint density at radius 2 is 1.52 bits per heavy atom. The third kappa shape index (κ3) is 9.26. The Morgan fingerprint density at radius 3 is 2.15 bits per heavy atom. The van der Waals surface area contributed by atoms with Crippen LogP contribution in [0.5, 0.6) is 11.5 Å².